The van der Waals surface area contributed by atoms with Crippen molar-refractivity contribution < 1.29 is 19.1 Å². The summed E-state index contributed by atoms with van der Waals surface area (Å²) in [5.74, 6) is 2.49. The maximum Gasteiger partial charge on any atom is 0.271 e. The number of amides is 2. The summed E-state index contributed by atoms with van der Waals surface area (Å²) in [6.07, 6.45) is 2.15. The third-order valence-electron chi connectivity index (χ3n) is 8.53. The van der Waals surface area contributed by atoms with E-state index in [4.69, 9.17) is 9.47 Å². The molecule has 40 heavy (non-hydrogen) atoms. The zero-order valence-corrected chi connectivity index (χ0v) is 24.4. The van der Waals surface area contributed by atoms with Gasteiger partial charge in [0.1, 0.15) is 22.7 Å². The summed E-state index contributed by atoms with van der Waals surface area (Å²) < 4.78 is 13.0. The molecule has 8 nitrogen and oxygen atoms in total. The number of benzene rings is 2. The lowest BCUT2D eigenvalue weighted by Crippen LogP contribution is -2.63. The van der Waals surface area contributed by atoms with E-state index in [1.54, 1.807) is 19.1 Å². The molecular weight excluding hydrogens is 504 g/mol. The predicted octanol–water partition coefficient (Wildman–Crippen LogP) is 4.56. The first-order valence-electron chi connectivity index (χ1n) is 14.3. The zero-order chi connectivity index (χ0) is 28.4. The minimum absolute atomic E-state index is 0.147. The summed E-state index contributed by atoms with van der Waals surface area (Å²) >= 11 is 0. The lowest BCUT2D eigenvalue weighted by molar-refractivity contribution is -0.133. The average Bonchev–Trinajstić information content (AvgIpc) is 3.30. The van der Waals surface area contributed by atoms with E-state index in [1.807, 2.05) is 60.0 Å². The molecule has 214 valence electrons. The topological polar surface area (TPSA) is 76.0 Å². The number of carbonyl (C=O) groups excluding carboxylic acids is 2. The molecule has 2 aliphatic heterocycles. The summed E-state index contributed by atoms with van der Waals surface area (Å²) in [6, 6.07) is 15.3. The van der Waals surface area contributed by atoms with Gasteiger partial charge in [0.15, 0.2) is 0 Å². The van der Waals surface area contributed by atoms with Crippen LogP contribution in [0.1, 0.15) is 49.7 Å². The molecule has 1 aromatic heterocycles. The van der Waals surface area contributed by atoms with Gasteiger partial charge in [-0.15, -0.1) is 0 Å². The van der Waals surface area contributed by atoms with Crippen LogP contribution in [0.2, 0.25) is 0 Å². The lowest BCUT2D eigenvalue weighted by Gasteiger charge is -2.44. The predicted molar refractivity (Wildman–Crippen MR) is 157 cm³/mol. The fourth-order valence-corrected chi connectivity index (χ4v) is 6.58. The zero-order valence-electron chi connectivity index (χ0n) is 24.4. The number of methoxy groups -OCH3 is 2. The van der Waals surface area contributed by atoms with E-state index in [-0.39, 0.29) is 18.4 Å². The molecule has 5 rings (SSSR count). The van der Waals surface area contributed by atoms with Crippen molar-refractivity contribution in [3.8, 4) is 11.5 Å². The first kappa shape index (κ1) is 28.0. The third kappa shape index (κ3) is 5.42. The van der Waals surface area contributed by atoms with Crippen molar-refractivity contribution in [1.29, 1.82) is 0 Å². The van der Waals surface area contributed by atoms with Gasteiger partial charge < -0.3 is 29.2 Å². The number of fused-ring (bicyclic) bond motifs is 3. The van der Waals surface area contributed by atoms with Crippen LogP contribution in [0.3, 0.4) is 0 Å². The molecule has 1 N–H and O–H groups in total. The van der Waals surface area contributed by atoms with Crippen LogP contribution in [0.4, 0.5) is 0 Å². The largest absolute Gasteiger partial charge is 0.497 e. The van der Waals surface area contributed by atoms with Crippen molar-refractivity contribution in [3.05, 3.63) is 59.8 Å². The maximum atomic E-state index is 14.1. The Balaban J connectivity index is 1.41. The Bertz CT molecular complexity index is 1370. The molecule has 1 fully saturated rings. The Hall–Kier alpha value is -3.52. The number of likely N-dealkylation sites (tertiary alicyclic amines) is 1. The normalized spacial score (nSPS) is 23.2. The van der Waals surface area contributed by atoms with Gasteiger partial charge in [0.05, 0.1) is 32.8 Å². The Morgan fingerprint density at radius 3 is 2.52 bits per heavy atom. The highest BCUT2D eigenvalue weighted by molar-refractivity contribution is 6.03. The standard InChI is InChI=1S/C32H42N4O4/c1-22-15-23(2)19-34(18-22)14-8-13-33-31(38)32(3)21-35-27-17-26(39-4)12-11-24(27)16-28(35)30(37)36(32)20-25-9-6-7-10-29(25)40-5/h6-7,9-12,16-17,22-23H,8,13-15,18-21H2,1-5H3,(H,33,38)/t22-,23-,32-/m1/s1. The molecule has 3 heterocycles. The SMILES string of the molecule is COc1ccc2cc3n(c2c1)C[C@](C)(C(=O)NCCCN1C[C@H](C)C[C@@H](C)C1)N(Cc1ccccc1OC)C3=O. The molecule has 0 saturated carbocycles. The number of ether oxygens (including phenoxy) is 2. The van der Waals surface area contributed by atoms with Crippen molar-refractivity contribution in [2.45, 2.75) is 52.2 Å². The fourth-order valence-electron chi connectivity index (χ4n) is 6.58. The lowest BCUT2D eigenvalue weighted by atomic mass is 9.92. The molecular formula is C32H42N4O4. The quantitative estimate of drug-likeness (QED) is 0.399. The van der Waals surface area contributed by atoms with Gasteiger partial charge in [-0.3, -0.25) is 9.59 Å². The molecule has 0 bridgehead atoms. The molecule has 8 heteroatoms. The molecule has 2 aliphatic rings. The van der Waals surface area contributed by atoms with Gasteiger partial charge >= 0.3 is 0 Å². The van der Waals surface area contributed by atoms with E-state index in [1.165, 1.54) is 6.42 Å². The number of aromatic nitrogens is 1. The summed E-state index contributed by atoms with van der Waals surface area (Å²) in [6.45, 7) is 10.9. The Labute approximate surface area is 237 Å². The van der Waals surface area contributed by atoms with Crippen LogP contribution in [-0.4, -0.2) is 72.1 Å². The molecule has 3 aromatic rings. The van der Waals surface area contributed by atoms with Crippen LogP contribution in [0.25, 0.3) is 10.9 Å². The van der Waals surface area contributed by atoms with E-state index < -0.39 is 5.54 Å². The van der Waals surface area contributed by atoms with Gasteiger partial charge in [-0.25, -0.2) is 0 Å². The molecule has 0 aliphatic carbocycles. The van der Waals surface area contributed by atoms with Crippen molar-refractivity contribution in [1.82, 2.24) is 19.7 Å². The molecule has 0 spiro atoms. The summed E-state index contributed by atoms with van der Waals surface area (Å²) in [5.41, 5.74) is 1.20. The number of hydrogen-bond acceptors (Lipinski definition) is 5. The van der Waals surface area contributed by atoms with Gasteiger partial charge in [-0.1, -0.05) is 32.0 Å². The van der Waals surface area contributed by atoms with E-state index in [0.29, 0.717) is 42.1 Å². The molecule has 2 aromatic carbocycles. The van der Waals surface area contributed by atoms with Crippen LogP contribution in [-0.2, 0) is 17.9 Å². The third-order valence-corrected chi connectivity index (χ3v) is 8.53. The summed E-state index contributed by atoms with van der Waals surface area (Å²) in [7, 11) is 3.25. The smallest absolute Gasteiger partial charge is 0.271 e. The van der Waals surface area contributed by atoms with E-state index in [9.17, 15) is 9.59 Å². The van der Waals surface area contributed by atoms with Gasteiger partial charge in [0.25, 0.3) is 5.91 Å². The van der Waals surface area contributed by atoms with E-state index in [2.05, 4.69) is 24.1 Å². The van der Waals surface area contributed by atoms with Crippen LogP contribution in [0, 0.1) is 11.8 Å². The monoisotopic (exact) mass is 546 g/mol. The van der Waals surface area contributed by atoms with Crippen molar-refractivity contribution in [2.75, 3.05) is 40.4 Å². The Morgan fingerprint density at radius 2 is 1.80 bits per heavy atom. The minimum atomic E-state index is -1.10. The van der Waals surface area contributed by atoms with Gasteiger partial charge in [0, 0.05) is 36.7 Å². The van der Waals surface area contributed by atoms with Crippen LogP contribution in [0.5, 0.6) is 11.5 Å². The highest BCUT2D eigenvalue weighted by Crippen LogP contribution is 2.35. The second kappa shape index (κ2) is 11.5. The molecule has 1 saturated heterocycles. The minimum Gasteiger partial charge on any atom is -0.497 e. The van der Waals surface area contributed by atoms with Gasteiger partial charge in [0.2, 0.25) is 5.91 Å². The molecule has 3 atom stereocenters. The van der Waals surface area contributed by atoms with E-state index in [0.717, 1.165) is 42.5 Å². The first-order valence-corrected chi connectivity index (χ1v) is 14.3. The highest BCUT2D eigenvalue weighted by Gasteiger charge is 2.47. The first-order chi connectivity index (χ1) is 19.2. The summed E-state index contributed by atoms with van der Waals surface area (Å²) in [5, 5.41) is 4.13. The number of nitrogens with one attached hydrogen (secondary N) is 1. The van der Waals surface area contributed by atoms with Crippen LogP contribution < -0.4 is 14.8 Å². The molecule has 0 unspecified atom stereocenters. The van der Waals surface area contributed by atoms with Crippen molar-refractivity contribution in [3.63, 3.8) is 0 Å². The Morgan fingerprint density at radius 1 is 1.05 bits per heavy atom. The Kier molecular flexibility index (Phi) is 8.08. The number of carbonyl (C=O) groups is 2. The average molecular weight is 547 g/mol. The summed E-state index contributed by atoms with van der Waals surface area (Å²) in [4.78, 5) is 32.3. The van der Waals surface area contributed by atoms with Crippen molar-refractivity contribution >= 4 is 22.7 Å². The second-order valence-corrected chi connectivity index (χ2v) is 11.8. The van der Waals surface area contributed by atoms with Crippen LogP contribution >= 0.6 is 0 Å². The highest BCUT2D eigenvalue weighted by atomic mass is 16.5. The van der Waals surface area contributed by atoms with E-state index >= 15 is 0 Å². The maximum absolute atomic E-state index is 14.1. The number of para-hydroxylation sites is 1. The van der Waals surface area contributed by atoms with Crippen LogP contribution in [0.15, 0.2) is 48.5 Å². The molecule has 0 radical (unpaired) electrons. The number of piperidine rings is 1. The van der Waals surface area contributed by atoms with Crippen molar-refractivity contribution in [2.24, 2.45) is 11.8 Å². The van der Waals surface area contributed by atoms with Gasteiger partial charge in [-0.2, -0.15) is 0 Å². The number of hydrogen-bond donors (Lipinski definition) is 1. The fraction of sp³-hybridized carbons (Fsp3) is 0.500. The second-order valence-electron chi connectivity index (χ2n) is 11.8. The molecule has 2 amide bonds. The van der Waals surface area contributed by atoms with Gasteiger partial charge in [-0.05, 0) is 62.4 Å². The number of rotatable bonds is 9. The number of nitrogens with zero attached hydrogens (tertiary/aromatic N) is 3.